The molecule has 93 valence electrons. The Balaban J connectivity index is 1.43. The van der Waals surface area contributed by atoms with Crippen LogP contribution in [-0.4, -0.2) is 30.7 Å². The Morgan fingerprint density at radius 2 is 1.35 bits per heavy atom. The molecule has 4 fully saturated rings. The molecule has 0 aromatic rings. The Bertz CT molecular complexity index is 301. The van der Waals surface area contributed by atoms with Crippen molar-refractivity contribution in [3.05, 3.63) is 0 Å². The minimum absolute atomic E-state index is 0.144. The van der Waals surface area contributed by atoms with E-state index in [9.17, 15) is 4.79 Å². The van der Waals surface area contributed by atoms with Gasteiger partial charge in [-0.1, -0.05) is 0 Å². The Hall–Kier alpha value is -0.410. The first-order valence-electron chi connectivity index (χ1n) is 7.03. The molecule has 2 heterocycles. The number of rotatable bonds is 3. The summed E-state index contributed by atoms with van der Waals surface area (Å²) in [5.74, 6) is 1.19. The standard InChI is InChI=1S/C14H19O3/c15-7-10(8-1-3-11-13(5-8)16-11)9-2-4-12-14(6-9)17-12/h8-14H,1-6H2. The topological polar surface area (TPSA) is 42.1 Å². The lowest BCUT2D eigenvalue weighted by Crippen LogP contribution is -2.31. The summed E-state index contributed by atoms with van der Waals surface area (Å²) < 4.78 is 11.1. The van der Waals surface area contributed by atoms with Gasteiger partial charge in [-0.3, -0.25) is 4.79 Å². The number of carbonyl (C=O) groups excluding carboxylic acids is 1. The van der Waals surface area contributed by atoms with Crippen molar-refractivity contribution < 1.29 is 14.3 Å². The Morgan fingerprint density at radius 3 is 1.76 bits per heavy atom. The predicted molar refractivity (Wildman–Crippen MR) is 61.2 cm³/mol. The Labute approximate surface area is 102 Å². The van der Waals surface area contributed by atoms with E-state index in [4.69, 9.17) is 9.47 Å². The number of hydrogen-bond acceptors (Lipinski definition) is 3. The van der Waals surface area contributed by atoms with Gasteiger partial charge < -0.3 is 9.47 Å². The lowest BCUT2D eigenvalue weighted by atomic mass is 9.70. The largest absolute Gasteiger partial charge is 0.370 e. The quantitative estimate of drug-likeness (QED) is 0.701. The highest BCUT2D eigenvalue weighted by Gasteiger charge is 2.50. The van der Waals surface area contributed by atoms with Crippen LogP contribution < -0.4 is 0 Å². The number of ether oxygens (including phenoxy) is 2. The molecule has 17 heavy (non-hydrogen) atoms. The van der Waals surface area contributed by atoms with Crippen LogP contribution in [0.3, 0.4) is 0 Å². The zero-order chi connectivity index (χ0) is 11.4. The van der Waals surface area contributed by atoms with Gasteiger partial charge in [0.25, 0.3) is 0 Å². The summed E-state index contributed by atoms with van der Waals surface area (Å²) in [5, 5.41) is 0. The van der Waals surface area contributed by atoms with Crippen molar-refractivity contribution in [1.82, 2.24) is 0 Å². The van der Waals surface area contributed by atoms with E-state index in [2.05, 4.69) is 6.29 Å². The SMILES string of the molecule is O=[C]C(C1CCC2OC2C1)C1CCC2OC2C1. The van der Waals surface area contributed by atoms with Crippen LogP contribution in [0.2, 0.25) is 0 Å². The molecule has 2 aliphatic heterocycles. The van der Waals surface area contributed by atoms with Crippen molar-refractivity contribution in [3.8, 4) is 0 Å². The second-order valence-electron chi connectivity index (χ2n) is 6.22. The predicted octanol–water partition coefficient (Wildman–Crippen LogP) is 1.85. The zero-order valence-electron chi connectivity index (χ0n) is 10.0. The maximum absolute atomic E-state index is 11.3. The number of fused-ring (bicyclic) bond motifs is 2. The summed E-state index contributed by atoms with van der Waals surface area (Å²) in [6, 6.07) is 0. The van der Waals surface area contributed by atoms with Gasteiger partial charge >= 0.3 is 0 Å². The smallest absolute Gasteiger partial charge is 0.202 e. The molecular formula is C14H19O3. The molecule has 6 atom stereocenters. The third-order valence-corrected chi connectivity index (χ3v) is 5.24. The first-order chi connectivity index (χ1) is 8.35. The Morgan fingerprint density at radius 1 is 0.824 bits per heavy atom. The summed E-state index contributed by atoms with van der Waals surface area (Å²) in [7, 11) is 0. The molecule has 0 spiro atoms. The second-order valence-corrected chi connectivity index (χ2v) is 6.22. The van der Waals surface area contributed by atoms with E-state index in [1.165, 1.54) is 0 Å². The molecular weight excluding hydrogens is 216 g/mol. The van der Waals surface area contributed by atoms with Gasteiger partial charge in [0.2, 0.25) is 6.29 Å². The lowest BCUT2D eigenvalue weighted by molar-refractivity contribution is 0.208. The third-order valence-electron chi connectivity index (χ3n) is 5.24. The zero-order valence-corrected chi connectivity index (χ0v) is 10.0. The Kier molecular flexibility index (Phi) is 2.34. The molecule has 0 amide bonds. The van der Waals surface area contributed by atoms with Gasteiger partial charge in [0.15, 0.2) is 0 Å². The van der Waals surface area contributed by atoms with Crippen LogP contribution in [0.5, 0.6) is 0 Å². The third kappa shape index (κ3) is 1.84. The average Bonchev–Trinajstić information content (AvgIpc) is 3.23. The molecule has 0 aromatic carbocycles. The van der Waals surface area contributed by atoms with Crippen molar-refractivity contribution in [3.63, 3.8) is 0 Å². The molecule has 2 saturated heterocycles. The first-order valence-corrected chi connectivity index (χ1v) is 7.03. The van der Waals surface area contributed by atoms with Gasteiger partial charge in [-0.05, 0) is 50.4 Å². The van der Waals surface area contributed by atoms with E-state index >= 15 is 0 Å². The summed E-state index contributed by atoms with van der Waals surface area (Å²) in [6.45, 7) is 0. The van der Waals surface area contributed by atoms with Gasteiger partial charge in [0, 0.05) is 5.92 Å². The maximum Gasteiger partial charge on any atom is 0.202 e. The molecule has 0 bridgehead atoms. The fourth-order valence-electron chi connectivity index (χ4n) is 4.10. The minimum atomic E-state index is 0.144. The first kappa shape index (κ1) is 10.5. The van der Waals surface area contributed by atoms with E-state index in [-0.39, 0.29) is 5.92 Å². The number of epoxide rings is 2. The molecule has 1 radical (unpaired) electrons. The molecule has 2 aliphatic carbocycles. The molecule has 4 aliphatic rings. The van der Waals surface area contributed by atoms with Crippen LogP contribution >= 0.6 is 0 Å². The van der Waals surface area contributed by atoms with E-state index < -0.39 is 0 Å². The van der Waals surface area contributed by atoms with E-state index in [1.54, 1.807) is 0 Å². The molecule has 0 aromatic heterocycles. The lowest BCUT2D eigenvalue weighted by Gasteiger charge is -2.31. The van der Waals surface area contributed by atoms with Crippen molar-refractivity contribution in [2.75, 3.05) is 0 Å². The fraction of sp³-hybridized carbons (Fsp3) is 0.929. The molecule has 6 unspecified atom stereocenters. The number of hydrogen-bond donors (Lipinski definition) is 0. The van der Waals surface area contributed by atoms with E-state index in [1.807, 2.05) is 0 Å². The summed E-state index contributed by atoms with van der Waals surface area (Å²) in [5.41, 5.74) is 0. The molecule has 2 saturated carbocycles. The summed E-state index contributed by atoms with van der Waals surface area (Å²) in [6.07, 6.45) is 11.2. The van der Waals surface area contributed by atoms with Crippen LogP contribution in [0, 0.1) is 17.8 Å². The summed E-state index contributed by atoms with van der Waals surface area (Å²) in [4.78, 5) is 11.3. The fourth-order valence-corrected chi connectivity index (χ4v) is 4.10. The van der Waals surface area contributed by atoms with Gasteiger partial charge in [-0.25, -0.2) is 0 Å². The average molecular weight is 235 g/mol. The highest BCUT2D eigenvalue weighted by molar-refractivity contribution is 5.56. The molecule has 3 nitrogen and oxygen atoms in total. The van der Waals surface area contributed by atoms with Crippen LogP contribution in [0.15, 0.2) is 0 Å². The maximum atomic E-state index is 11.3. The van der Waals surface area contributed by atoms with Crippen LogP contribution in [0.1, 0.15) is 38.5 Å². The van der Waals surface area contributed by atoms with Gasteiger partial charge in [-0.2, -0.15) is 0 Å². The summed E-state index contributed by atoms with van der Waals surface area (Å²) >= 11 is 0. The van der Waals surface area contributed by atoms with Crippen molar-refractivity contribution in [2.45, 2.75) is 62.9 Å². The monoisotopic (exact) mass is 235 g/mol. The second kappa shape index (κ2) is 3.79. The molecule has 3 heteroatoms. The highest BCUT2D eigenvalue weighted by atomic mass is 16.6. The minimum Gasteiger partial charge on any atom is -0.370 e. The van der Waals surface area contributed by atoms with Crippen molar-refractivity contribution >= 4 is 6.29 Å². The van der Waals surface area contributed by atoms with E-state index in [0.29, 0.717) is 36.3 Å². The van der Waals surface area contributed by atoms with Crippen molar-refractivity contribution in [1.29, 1.82) is 0 Å². The van der Waals surface area contributed by atoms with Gasteiger partial charge in [-0.15, -0.1) is 0 Å². The van der Waals surface area contributed by atoms with Crippen molar-refractivity contribution in [2.24, 2.45) is 17.8 Å². The van der Waals surface area contributed by atoms with E-state index in [0.717, 1.165) is 38.5 Å². The normalized spacial score (nSPS) is 53.2. The van der Waals surface area contributed by atoms with Crippen LogP contribution in [-0.2, 0) is 14.3 Å². The molecule has 4 rings (SSSR count). The van der Waals surface area contributed by atoms with Crippen LogP contribution in [0.4, 0.5) is 0 Å². The molecule has 0 N–H and O–H groups in total. The highest BCUT2D eigenvalue weighted by Crippen LogP contribution is 2.48. The van der Waals surface area contributed by atoms with Gasteiger partial charge in [0.1, 0.15) is 0 Å². The van der Waals surface area contributed by atoms with Crippen LogP contribution in [0.25, 0.3) is 0 Å². The van der Waals surface area contributed by atoms with Gasteiger partial charge in [0.05, 0.1) is 24.4 Å².